The van der Waals surface area contributed by atoms with Crippen molar-refractivity contribution < 1.29 is 18.0 Å². The number of halogens is 3. The zero-order valence-electron chi connectivity index (χ0n) is 14.3. The van der Waals surface area contributed by atoms with Gasteiger partial charge in [-0.15, -0.1) is 0 Å². The minimum absolute atomic E-state index is 0.0400. The van der Waals surface area contributed by atoms with E-state index in [1.165, 1.54) is 30.5 Å². The predicted octanol–water partition coefficient (Wildman–Crippen LogP) is 4.97. The van der Waals surface area contributed by atoms with E-state index in [0.717, 1.165) is 12.1 Å². The summed E-state index contributed by atoms with van der Waals surface area (Å²) in [5.74, 6) is -0.189. The molecule has 0 aliphatic rings. The molecule has 0 saturated heterocycles. The first-order chi connectivity index (χ1) is 13.3. The van der Waals surface area contributed by atoms with Crippen LogP contribution < -0.4 is 10.6 Å². The Kier molecular flexibility index (Phi) is 5.27. The van der Waals surface area contributed by atoms with Crippen molar-refractivity contribution in [3.63, 3.8) is 0 Å². The van der Waals surface area contributed by atoms with E-state index in [9.17, 15) is 18.0 Å². The molecular weight excluding hydrogens is 369 g/mol. The van der Waals surface area contributed by atoms with Crippen LogP contribution in [0.25, 0.3) is 0 Å². The first kappa shape index (κ1) is 18.9. The molecule has 0 unspecified atom stereocenters. The second-order valence-electron chi connectivity index (χ2n) is 5.78. The van der Waals surface area contributed by atoms with Gasteiger partial charge in [-0.05, 0) is 54.6 Å². The normalized spacial score (nSPS) is 10.8. The van der Waals surface area contributed by atoms with Gasteiger partial charge in [0, 0.05) is 23.1 Å². The van der Waals surface area contributed by atoms with Crippen LogP contribution in [-0.2, 0) is 6.18 Å². The maximum atomic E-state index is 12.8. The molecule has 0 aliphatic carbocycles. The van der Waals surface area contributed by atoms with Crippen molar-refractivity contribution in [2.75, 3.05) is 10.6 Å². The van der Waals surface area contributed by atoms with Crippen molar-refractivity contribution in [2.24, 2.45) is 0 Å². The van der Waals surface area contributed by atoms with Gasteiger partial charge in [0.25, 0.3) is 5.91 Å². The van der Waals surface area contributed by atoms with E-state index in [1.54, 1.807) is 24.3 Å². The molecule has 3 aromatic rings. The number of hydrogen-bond acceptors (Lipinski definition) is 4. The van der Waals surface area contributed by atoms with Gasteiger partial charge in [0.05, 0.1) is 17.2 Å². The number of aromatic nitrogens is 1. The van der Waals surface area contributed by atoms with Gasteiger partial charge < -0.3 is 10.6 Å². The lowest BCUT2D eigenvalue weighted by atomic mass is 10.2. The lowest BCUT2D eigenvalue weighted by Crippen LogP contribution is -2.13. The predicted molar refractivity (Wildman–Crippen MR) is 98.1 cm³/mol. The van der Waals surface area contributed by atoms with E-state index in [1.807, 2.05) is 6.07 Å². The summed E-state index contributed by atoms with van der Waals surface area (Å²) >= 11 is 0. The fourth-order valence-corrected chi connectivity index (χ4v) is 2.39. The first-order valence-electron chi connectivity index (χ1n) is 8.07. The molecular formula is C20H13F3N4O. The van der Waals surface area contributed by atoms with E-state index in [2.05, 4.69) is 15.6 Å². The zero-order valence-corrected chi connectivity index (χ0v) is 14.3. The summed E-state index contributed by atoms with van der Waals surface area (Å²) in [5.41, 5.74) is 0.597. The number of hydrogen-bond donors (Lipinski definition) is 2. The molecule has 0 bridgehead atoms. The van der Waals surface area contributed by atoms with Gasteiger partial charge in [-0.25, -0.2) is 4.98 Å². The molecule has 5 nitrogen and oxygen atoms in total. The lowest BCUT2D eigenvalue weighted by molar-refractivity contribution is -0.137. The SMILES string of the molecule is N#Cc1ccc(Nc2cc(C(=O)Nc3cccc(C(F)(F)F)c3)ccn2)cc1. The van der Waals surface area contributed by atoms with Gasteiger partial charge in [-0.3, -0.25) is 4.79 Å². The second-order valence-corrected chi connectivity index (χ2v) is 5.78. The van der Waals surface area contributed by atoms with Crippen LogP contribution >= 0.6 is 0 Å². The van der Waals surface area contributed by atoms with Crippen LogP contribution in [0.2, 0.25) is 0 Å². The average molecular weight is 382 g/mol. The van der Waals surface area contributed by atoms with Crippen LogP contribution in [-0.4, -0.2) is 10.9 Å². The number of nitriles is 1. The van der Waals surface area contributed by atoms with Crippen molar-refractivity contribution >= 4 is 23.1 Å². The highest BCUT2D eigenvalue weighted by molar-refractivity contribution is 6.04. The van der Waals surface area contributed by atoms with Crippen LogP contribution in [0.4, 0.5) is 30.4 Å². The maximum Gasteiger partial charge on any atom is 0.416 e. The van der Waals surface area contributed by atoms with Gasteiger partial charge in [0.2, 0.25) is 0 Å². The molecule has 0 saturated carbocycles. The summed E-state index contributed by atoms with van der Waals surface area (Å²) in [4.78, 5) is 16.5. The topological polar surface area (TPSA) is 77.8 Å². The van der Waals surface area contributed by atoms with Crippen molar-refractivity contribution in [2.45, 2.75) is 6.18 Å². The minimum atomic E-state index is -4.49. The molecule has 3 rings (SSSR count). The molecule has 1 amide bonds. The van der Waals surface area contributed by atoms with E-state index in [-0.39, 0.29) is 11.3 Å². The smallest absolute Gasteiger partial charge is 0.340 e. The minimum Gasteiger partial charge on any atom is -0.340 e. The highest BCUT2D eigenvalue weighted by atomic mass is 19.4. The van der Waals surface area contributed by atoms with Crippen molar-refractivity contribution in [1.29, 1.82) is 5.26 Å². The number of benzene rings is 2. The third kappa shape index (κ3) is 4.65. The largest absolute Gasteiger partial charge is 0.416 e. The highest BCUT2D eigenvalue weighted by Gasteiger charge is 2.30. The van der Waals surface area contributed by atoms with Crippen LogP contribution in [0.5, 0.6) is 0 Å². The van der Waals surface area contributed by atoms with Gasteiger partial charge in [-0.2, -0.15) is 18.4 Å². The number of carbonyl (C=O) groups excluding carboxylic acids is 1. The van der Waals surface area contributed by atoms with Crippen LogP contribution in [0.3, 0.4) is 0 Å². The van der Waals surface area contributed by atoms with Gasteiger partial charge in [0.15, 0.2) is 0 Å². The standard InChI is InChI=1S/C20H13F3N4O/c21-20(22,23)15-2-1-3-17(11-15)27-19(28)14-8-9-25-18(10-14)26-16-6-4-13(12-24)5-7-16/h1-11H,(H,25,26)(H,27,28). The number of nitrogens with zero attached hydrogens (tertiary/aromatic N) is 2. The maximum absolute atomic E-state index is 12.8. The Morgan fingerprint density at radius 3 is 2.43 bits per heavy atom. The van der Waals surface area contributed by atoms with Crippen LogP contribution in [0, 0.1) is 11.3 Å². The Morgan fingerprint density at radius 1 is 1.00 bits per heavy atom. The number of carbonyl (C=O) groups is 1. The molecule has 0 spiro atoms. The Bertz CT molecular complexity index is 1040. The molecule has 0 radical (unpaired) electrons. The number of amides is 1. The number of alkyl halides is 3. The number of nitrogens with one attached hydrogen (secondary N) is 2. The van der Waals surface area contributed by atoms with Crippen molar-refractivity contribution in [3.8, 4) is 6.07 Å². The Labute approximate surface area is 158 Å². The molecule has 0 atom stereocenters. The Morgan fingerprint density at radius 2 is 1.75 bits per heavy atom. The van der Waals surface area contributed by atoms with Gasteiger partial charge in [-0.1, -0.05) is 6.07 Å². The summed E-state index contributed by atoms with van der Waals surface area (Å²) in [7, 11) is 0. The highest BCUT2D eigenvalue weighted by Crippen LogP contribution is 2.30. The van der Waals surface area contributed by atoms with Gasteiger partial charge >= 0.3 is 6.18 Å². The Hall–Kier alpha value is -3.86. The fourth-order valence-electron chi connectivity index (χ4n) is 2.39. The molecule has 0 fully saturated rings. The van der Waals surface area contributed by atoms with Crippen LogP contribution in [0.1, 0.15) is 21.5 Å². The zero-order chi connectivity index (χ0) is 20.1. The monoisotopic (exact) mass is 382 g/mol. The van der Waals surface area contributed by atoms with E-state index in [4.69, 9.17) is 5.26 Å². The summed E-state index contributed by atoms with van der Waals surface area (Å²) < 4.78 is 38.4. The third-order valence-electron chi connectivity index (χ3n) is 3.76. The summed E-state index contributed by atoms with van der Waals surface area (Å²) in [6.45, 7) is 0. The molecule has 8 heteroatoms. The number of rotatable bonds is 4. The second kappa shape index (κ2) is 7.80. The molecule has 2 aromatic carbocycles. The summed E-state index contributed by atoms with van der Waals surface area (Å²) in [5, 5.41) is 14.2. The van der Waals surface area contributed by atoms with Crippen LogP contribution in [0.15, 0.2) is 66.9 Å². The molecule has 28 heavy (non-hydrogen) atoms. The number of pyridine rings is 1. The van der Waals surface area contributed by atoms with Gasteiger partial charge in [0.1, 0.15) is 5.82 Å². The first-order valence-corrected chi connectivity index (χ1v) is 8.07. The Balaban J connectivity index is 1.74. The molecule has 140 valence electrons. The summed E-state index contributed by atoms with van der Waals surface area (Å²) in [6, 6.07) is 16.0. The van der Waals surface area contributed by atoms with Crippen molar-refractivity contribution in [3.05, 3.63) is 83.6 Å². The fraction of sp³-hybridized carbons (Fsp3) is 0.0500. The molecule has 0 aliphatic heterocycles. The number of anilines is 3. The van der Waals surface area contributed by atoms with E-state index in [0.29, 0.717) is 17.1 Å². The van der Waals surface area contributed by atoms with Crippen molar-refractivity contribution in [1.82, 2.24) is 4.98 Å². The lowest BCUT2D eigenvalue weighted by Gasteiger charge is -2.11. The quantitative estimate of drug-likeness (QED) is 0.668. The molecule has 2 N–H and O–H groups in total. The average Bonchev–Trinajstić information content (AvgIpc) is 2.68. The summed E-state index contributed by atoms with van der Waals surface area (Å²) in [6.07, 6.45) is -3.08. The molecule has 1 aromatic heterocycles. The molecule has 1 heterocycles. The van der Waals surface area contributed by atoms with E-state index < -0.39 is 17.6 Å². The van der Waals surface area contributed by atoms with E-state index >= 15 is 0 Å². The third-order valence-corrected chi connectivity index (χ3v) is 3.76.